The van der Waals surface area contributed by atoms with Gasteiger partial charge in [0.25, 0.3) is 0 Å². The van der Waals surface area contributed by atoms with Crippen molar-refractivity contribution in [2.75, 3.05) is 19.0 Å². The molecule has 0 radical (unpaired) electrons. The third kappa shape index (κ3) is 4.53. The number of para-hydroxylation sites is 2. The van der Waals surface area contributed by atoms with Crippen molar-refractivity contribution in [2.24, 2.45) is 12.2 Å². The first-order valence-electron chi connectivity index (χ1n) is 9.08. The Balaban J connectivity index is 1.31. The van der Waals surface area contributed by atoms with E-state index in [4.69, 9.17) is 19.3 Å². The van der Waals surface area contributed by atoms with Crippen LogP contribution in [-0.2, 0) is 17.1 Å². The molecule has 158 valence electrons. The van der Waals surface area contributed by atoms with Gasteiger partial charge < -0.3 is 18.8 Å². The van der Waals surface area contributed by atoms with E-state index < -0.39 is 10.0 Å². The van der Waals surface area contributed by atoms with Gasteiger partial charge >= 0.3 is 0 Å². The summed E-state index contributed by atoms with van der Waals surface area (Å²) in [5.41, 5.74) is 0. The van der Waals surface area contributed by atoms with E-state index in [1.54, 1.807) is 12.1 Å². The molecule has 0 aliphatic carbocycles. The summed E-state index contributed by atoms with van der Waals surface area (Å²) in [7, 11) is -1.82. The van der Waals surface area contributed by atoms with Crippen LogP contribution in [0.5, 0.6) is 17.2 Å². The van der Waals surface area contributed by atoms with Crippen molar-refractivity contribution in [1.82, 2.24) is 14.8 Å². The number of hydrogen-bond acceptors (Lipinski definition) is 8. The summed E-state index contributed by atoms with van der Waals surface area (Å²) in [5.74, 6) is 3.29. The second kappa shape index (κ2) is 8.54. The molecule has 2 aromatic carbocycles. The molecule has 1 aliphatic rings. The number of rotatable bonds is 7. The minimum atomic E-state index is -3.71. The van der Waals surface area contributed by atoms with Gasteiger partial charge in [-0.3, -0.25) is 0 Å². The van der Waals surface area contributed by atoms with Crippen molar-refractivity contribution in [3.8, 4) is 17.2 Å². The Kier molecular flexibility index (Phi) is 5.84. The van der Waals surface area contributed by atoms with Crippen molar-refractivity contribution in [3.05, 3.63) is 54.4 Å². The number of nitrogens with two attached hydrogens (primary N) is 1. The highest BCUT2D eigenvalue weighted by Gasteiger charge is 2.27. The Morgan fingerprint density at radius 2 is 1.90 bits per heavy atom. The van der Waals surface area contributed by atoms with Gasteiger partial charge in [-0.1, -0.05) is 23.9 Å². The lowest BCUT2D eigenvalue weighted by atomic mass is 10.2. The summed E-state index contributed by atoms with van der Waals surface area (Å²) in [5, 5.41) is 14.3. The number of fused-ring (bicyclic) bond motifs is 1. The molecule has 2 heterocycles. The zero-order valence-corrected chi connectivity index (χ0v) is 17.7. The average molecular weight is 449 g/mol. The fourth-order valence-corrected chi connectivity index (χ4v) is 4.15. The lowest BCUT2D eigenvalue weighted by molar-refractivity contribution is 0.0825. The molecule has 1 aliphatic heterocycles. The Labute approximate surface area is 178 Å². The van der Waals surface area contributed by atoms with E-state index in [1.165, 1.54) is 23.9 Å². The highest BCUT2D eigenvalue weighted by Crippen LogP contribution is 2.35. The van der Waals surface area contributed by atoms with E-state index in [-0.39, 0.29) is 11.0 Å². The van der Waals surface area contributed by atoms with E-state index in [1.807, 2.05) is 35.9 Å². The fourth-order valence-electron chi connectivity index (χ4n) is 2.90. The quantitative estimate of drug-likeness (QED) is 0.431. The van der Waals surface area contributed by atoms with Crippen LogP contribution >= 0.6 is 11.8 Å². The molecule has 0 bridgehead atoms. The molecule has 1 atom stereocenters. The number of thioether (sulfide) groups is 1. The molecule has 1 unspecified atom stereocenters. The Hall–Kier alpha value is -2.76. The zero-order chi connectivity index (χ0) is 21.1. The molecule has 0 amide bonds. The fraction of sp³-hybridized carbons (Fsp3) is 0.263. The van der Waals surface area contributed by atoms with E-state index in [9.17, 15) is 8.42 Å². The van der Waals surface area contributed by atoms with Crippen molar-refractivity contribution in [3.63, 3.8) is 0 Å². The highest BCUT2D eigenvalue weighted by atomic mass is 32.2. The lowest BCUT2D eigenvalue weighted by Crippen LogP contribution is -2.24. The molecular formula is C19H20N4O5S2. The molecule has 1 aromatic heterocycles. The van der Waals surface area contributed by atoms with Crippen molar-refractivity contribution in [1.29, 1.82) is 0 Å². The summed E-state index contributed by atoms with van der Waals surface area (Å²) < 4.78 is 41.8. The van der Waals surface area contributed by atoms with Crippen LogP contribution in [0.25, 0.3) is 0 Å². The van der Waals surface area contributed by atoms with Gasteiger partial charge in [0.15, 0.2) is 28.6 Å². The minimum absolute atomic E-state index is 0.0485. The molecular weight excluding hydrogens is 428 g/mol. The summed E-state index contributed by atoms with van der Waals surface area (Å²) in [4.78, 5) is 0.0485. The smallest absolute Gasteiger partial charge is 0.238 e. The van der Waals surface area contributed by atoms with Gasteiger partial charge in [0.1, 0.15) is 12.4 Å². The topological polar surface area (TPSA) is 119 Å². The summed E-state index contributed by atoms with van der Waals surface area (Å²) in [6.07, 6.45) is -0.333. The van der Waals surface area contributed by atoms with Crippen molar-refractivity contribution in [2.45, 2.75) is 16.2 Å². The standard InChI is InChI=1S/C19H20N4O5S2/c1-23-18(17-12-27-15-4-2-3-5-16(15)28-17)21-22-19(23)29-11-10-26-13-6-8-14(9-7-13)30(20,24)25/h2-9,17H,10-12H2,1H3,(H2,20,24,25). The molecule has 11 heteroatoms. The Morgan fingerprint density at radius 3 is 2.63 bits per heavy atom. The maximum atomic E-state index is 11.3. The summed E-state index contributed by atoms with van der Waals surface area (Å²) in [6.45, 7) is 0.781. The summed E-state index contributed by atoms with van der Waals surface area (Å²) in [6, 6.07) is 13.5. The number of primary sulfonamides is 1. The molecule has 0 fully saturated rings. The maximum Gasteiger partial charge on any atom is 0.238 e. The van der Waals surface area contributed by atoms with Crippen molar-refractivity contribution < 1.29 is 22.6 Å². The van der Waals surface area contributed by atoms with Crippen LogP contribution in [0.3, 0.4) is 0 Å². The molecule has 30 heavy (non-hydrogen) atoms. The Bertz CT molecular complexity index is 1130. The number of sulfonamides is 1. The number of nitrogens with zero attached hydrogens (tertiary/aromatic N) is 3. The van der Waals surface area contributed by atoms with Gasteiger partial charge in [-0.05, 0) is 36.4 Å². The Morgan fingerprint density at radius 1 is 1.17 bits per heavy atom. The molecule has 0 saturated carbocycles. The van der Waals surface area contributed by atoms with Gasteiger partial charge in [0, 0.05) is 12.8 Å². The number of benzene rings is 2. The van der Waals surface area contributed by atoms with Gasteiger partial charge in [-0.15, -0.1) is 10.2 Å². The molecule has 2 N–H and O–H groups in total. The third-order valence-corrected chi connectivity index (χ3v) is 6.31. The van der Waals surface area contributed by atoms with Crippen LogP contribution < -0.4 is 19.3 Å². The predicted molar refractivity (Wildman–Crippen MR) is 110 cm³/mol. The monoisotopic (exact) mass is 448 g/mol. The van der Waals surface area contributed by atoms with E-state index in [2.05, 4.69) is 10.2 Å². The molecule has 9 nitrogen and oxygen atoms in total. The zero-order valence-electron chi connectivity index (χ0n) is 16.1. The number of hydrogen-bond donors (Lipinski definition) is 1. The predicted octanol–water partition coefficient (Wildman–Crippen LogP) is 2.15. The number of aromatic nitrogens is 3. The normalized spacial score (nSPS) is 15.7. The third-order valence-electron chi connectivity index (χ3n) is 4.40. The molecule has 0 spiro atoms. The second-order valence-electron chi connectivity index (χ2n) is 6.48. The average Bonchev–Trinajstić information content (AvgIpc) is 3.11. The van der Waals surface area contributed by atoms with E-state index >= 15 is 0 Å². The van der Waals surface area contributed by atoms with Crippen LogP contribution in [0.4, 0.5) is 0 Å². The largest absolute Gasteiger partial charge is 0.493 e. The van der Waals surface area contributed by atoms with Gasteiger partial charge in [-0.2, -0.15) is 0 Å². The minimum Gasteiger partial charge on any atom is -0.493 e. The van der Waals surface area contributed by atoms with Crippen LogP contribution in [0.15, 0.2) is 58.6 Å². The van der Waals surface area contributed by atoms with E-state index in [0.29, 0.717) is 36.3 Å². The lowest BCUT2D eigenvalue weighted by Gasteiger charge is -2.25. The van der Waals surface area contributed by atoms with Crippen LogP contribution in [0.2, 0.25) is 0 Å². The highest BCUT2D eigenvalue weighted by molar-refractivity contribution is 7.99. The molecule has 0 saturated heterocycles. The maximum absolute atomic E-state index is 11.3. The molecule has 4 rings (SSSR count). The van der Waals surface area contributed by atoms with Crippen molar-refractivity contribution >= 4 is 21.8 Å². The van der Waals surface area contributed by atoms with E-state index in [0.717, 1.165) is 10.9 Å². The SMILES string of the molecule is Cn1c(SCCOc2ccc(S(N)(=O)=O)cc2)nnc1C1COc2ccccc2O1. The summed E-state index contributed by atoms with van der Waals surface area (Å²) >= 11 is 1.50. The second-order valence-corrected chi connectivity index (χ2v) is 9.10. The van der Waals surface area contributed by atoms with Crippen LogP contribution in [-0.4, -0.2) is 42.1 Å². The van der Waals surface area contributed by atoms with Gasteiger partial charge in [0.05, 0.1) is 11.5 Å². The number of ether oxygens (including phenoxy) is 3. The van der Waals surface area contributed by atoms with Crippen LogP contribution in [0, 0.1) is 0 Å². The van der Waals surface area contributed by atoms with Gasteiger partial charge in [-0.25, -0.2) is 13.6 Å². The first-order valence-corrected chi connectivity index (χ1v) is 11.6. The first kappa shape index (κ1) is 20.5. The molecule has 3 aromatic rings. The van der Waals surface area contributed by atoms with Crippen LogP contribution in [0.1, 0.15) is 11.9 Å². The first-order chi connectivity index (χ1) is 14.4. The van der Waals surface area contributed by atoms with Gasteiger partial charge in [0.2, 0.25) is 10.0 Å².